The Bertz CT molecular complexity index is 638. The van der Waals surface area contributed by atoms with Gasteiger partial charge >= 0.3 is 0 Å². The second-order valence-electron chi connectivity index (χ2n) is 9.13. The van der Waals surface area contributed by atoms with E-state index < -0.39 is 22.2 Å². The molecule has 4 bridgehead atoms. The van der Waals surface area contributed by atoms with E-state index in [2.05, 4.69) is 13.0 Å². The number of carboxylic acid groups (broad SMARTS) is 1. The highest BCUT2D eigenvalue weighted by Gasteiger charge is 2.81. The number of carbonyl (C=O) groups is 2. The van der Waals surface area contributed by atoms with Crippen molar-refractivity contribution >= 4 is 12.3 Å². The Labute approximate surface area is 143 Å². The number of allylic oxidation sites excluding steroid dienone is 1. The summed E-state index contributed by atoms with van der Waals surface area (Å²) in [5.41, 5.74) is -2.15. The molecule has 4 aliphatic rings. The number of hydrogen-bond acceptors (Lipinski definition) is 4. The van der Waals surface area contributed by atoms with Crippen LogP contribution in [0.3, 0.4) is 0 Å². The number of rotatable bonds is 4. The van der Waals surface area contributed by atoms with E-state index in [0.717, 1.165) is 24.7 Å². The molecule has 0 aromatic heterocycles. The van der Waals surface area contributed by atoms with Crippen LogP contribution in [0.5, 0.6) is 0 Å². The van der Waals surface area contributed by atoms with E-state index in [1.807, 2.05) is 13.8 Å². The summed E-state index contributed by atoms with van der Waals surface area (Å²) in [7, 11) is 0. The minimum atomic E-state index is -1.32. The summed E-state index contributed by atoms with van der Waals surface area (Å²) in [5.74, 6) is -0.203. The van der Waals surface area contributed by atoms with E-state index in [-0.39, 0.29) is 24.4 Å². The van der Waals surface area contributed by atoms with Gasteiger partial charge in [-0.25, -0.2) is 0 Å². The van der Waals surface area contributed by atoms with Gasteiger partial charge < -0.3 is 19.8 Å². The fraction of sp³-hybridized carbons (Fsp3) is 0.800. The quantitative estimate of drug-likeness (QED) is 0.626. The van der Waals surface area contributed by atoms with Gasteiger partial charge in [-0.15, -0.1) is 0 Å². The predicted molar refractivity (Wildman–Crippen MR) is 86.5 cm³/mol. The van der Waals surface area contributed by atoms with Crippen LogP contribution < -0.4 is 5.11 Å². The lowest BCUT2D eigenvalue weighted by atomic mass is 9.43. The van der Waals surface area contributed by atoms with Gasteiger partial charge in [0.25, 0.3) is 0 Å². The average Bonchev–Trinajstić information content (AvgIpc) is 3.11. The summed E-state index contributed by atoms with van der Waals surface area (Å²) < 4.78 is 0. The molecule has 4 nitrogen and oxygen atoms in total. The van der Waals surface area contributed by atoms with Crippen molar-refractivity contribution in [2.24, 2.45) is 45.8 Å². The van der Waals surface area contributed by atoms with Crippen molar-refractivity contribution in [2.45, 2.75) is 46.5 Å². The van der Waals surface area contributed by atoms with E-state index in [1.54, 1.807) is 0 Å². The monoisotopic (exact) mass is 331 g/mol. The number of fused-ring (bicyclic) bond motifs is 2. The molecule has 0 radical (unpaired) electrons. The van der Waals surface area contributed by atoms with Gasteiger partial charge in [0.05, 0.1) is 18.0 Å². The van der Waals surface area contributed by atoms with Crippen LogP contribution in [0.2, 0.25) is 0 Å². The molecule has 0 aromatic carbocycles. The topological polar surface area (TPSA) is 77.4 Å². The van der Waals surface area contributed by atoms with Crippen molar-refractivity contribution < 1.29 is 19.8 Å². The van der Waals surface area contributed by atoms with Crippen LogP contribution in [0.4, 0.5) is 0 Å². The third-order valence-corrected chi connectivity index (χ3v) is 8.39. The molecule has 4 rings (SSSR count). The summed E-state index contributed by atoms with van der Waals surface area (Å²) in [5, 5.41) is 23.1. The van der Waals surface area contributed by atoms with Crippen LogP contribution >= 0.6 is 0 Å². The minimum Gasteiger partial charge on any atom is -0.549 e. The van der Waals surface area contributed by atoms with Crippen molar-refractivity contribution in [3.05, 3.63) is 11.6 Å². The fourth-order valence-corrected chi connectivity index (χ4v) is 7.64. The number of hydrogen-bond donors (Lipinski definition) is 1. The third-order valence-electron chi connectivity index (χ3n) is 8.39. The number of carbonyl (C=O) groups excluding carboxylic acids is 2. The summed E-state index contributed by atoms with van der Waals surface area (Å²) in [6.45, 7) is 6.02. The number of aliphatic hydroxyl groups is 1. The molecular formula is C20H27O4-. The second-order valence-corrected chi connectivity index (χ2v) is 9.13. The molecule has 4 aliphatic carbocycles. The fourth-order valence-electron chi connectivity index (χ4n) is 7.64. The molecule has 0 unspecified atom stereocenters. The Morgan fingerprint density at radius 3 is 2.67 bits per heavy atom. The van der Waals surface area contributed by atoms with Gasteiger partial charge in [0.1, 0.15) is 6.29 Å². The van der Waals surface area contributed by atoms with Gasteiger partial charge in [-0.1, -0.05) is 38.8 Å². The Morgan fingerprint density at radius 1 is 1.42 bits per heavy atom. The Morgan fingerprint density at radius 2 is 2.12 bits per heavy atom. The molecule has 1 N–H and O–H groups in total. The van der Waals surface area contributed by atoms with Crippen molar-refractivity contribution in [3.8, 4) is 0 Å². The molecule has 3 saturated carbocycles. The molecule has 4 heteroatoms. The lowest BCUT2D eigenvalue weighted by Crippen LogP contribution is -2.66. The molecule has 0 heterocycles. The smallest absolute Gasteiger partial charge is 0.127 e. The van der Waals surface area contributed by atoms with Crippen molar-refractivity contribution in [2.75, 3.05) is 6.61 Å². The standard InChI is InChI=1S/C20H28O4/c1-11(2)16-6-13-7-19(10-22)15-5-4-12(3)14(15)8-18(13,9-21)20(16,19)17(23)24/h6,10-15,21H,4-5,7-9H2,1-3H3,(H,23,24)/p-1/t12-,13-,14-,15-,18+,19+,20-/m1/s1. The molecule has 24 heavy (non-hydrogen) atoms. The first-order valence-electron chi connectivity index (χ1n) is 9.33. The molecule has 0 saturated heterocycles. The van der Waals surface area contributed by atoms with Crippen molar-refractivity contribution in [3.63, 3.8) is 0 Å². The largest absolute Gasteiger partial charge is 0.549 e. The Kier molecular flexibility index (Phi) is 3.21. The summed E-state index contributed by atoms with van der Waals surface area (Å²) in [6, 6.07) is 0. The zero-order chi connectivity index (χ0) is 17.5. The molecule has 0 aliphatic heterocycles. The summed E-state index contributed by atoms with van der Waals surface area (Å²) in [4.78, 5) is 25.2. The molecule has 132 valence electrons. The van der Waals surface area contributed by atoms with Gasteiger partial charge in [-0.05, 0) is 48.9 Å². The number of aliphatic carboxylic acids is 1. The van der Waals surface area contributed by atoms with Crippen LogP contribution in [0, 0.1) is 45.8 Å². The van der Waals surface area contributed by atoms with Gasteiger partial charge in [0, 0.05) is 10.8 Å². The molecular weight excluding hydrogens is 304 g/mol. The first kappa shape index (κ1) is 16.3. The molecule has 0 amide bonds. The highest BCUT2D eigenvalue weighted by molar-refractivity contribution is 5.89. The predicted octanol–water partition coefficient (Wildman–Crippen LogP) is 1.57. The first-order chi connectivity index (χ1) is 11.3. The minimum absolute atomic E-state index is 0.0270. The van der Waals surface area contributed by atoms with Crippen molar-refractivity contribution in [1.29, 1.82) is 0 Å². The SMILES string of the molecule is CC(C)C1=C[C@@H]2C[C@]3(C=O)[C@@H]4CC[C@@H](C)[C@H]4C[C@@]2(CO)[C@]13C(=O)[O-]. The zero-order valence-electron chi connectivity index (χ0n) is 14.7. The van der Waals surface area contributed by atoms with Crippen molar-refractivity contribution in [1.82, 2.24) is 0 Å². The number of aliphatic hydroxyl groups excluding tert-OH is 1. The summed E-state index contributed by atoms with van der Waals surface area (Å²) in [6.07, 6.45) is 6.26. The number of carboxylic acids is 1. The molecule has 0 spiro atoms. The highest BCUT2D eigenvalue weighted by Crippen LogP contribution is 2.82. The van der Waals surface area contributed by atoms with Gasteiger partial charge in [0.15, 0.2) is 0 Å². The van der Waals surface area contributed by atoms with E-state index >= 15 is 0 Å². The van der Waals surface area contributed by atoms with E-state index in [0.29, 0.717) is 24.7 Å². The van der Waals surface area contributed by atoms with E-state index in [4.69, 9.17) is 0 Å². The lowest BCUT2D eigenvalue weighted by Gasteiger charge is -2.61. The average molecular weight is 331 g/mol. The Balaban J connectivity index is 2.03. The summed E-state index contributed by atoms with van der Waals surface area (Å²) >= 11 is 0. The van der Waals surface area contributed by atoms with Crippen LogP contribution in [-0.2, 0) is 9.59 Å². The van der Waals surface area contributed by atoms with E-state index in [1.165, 1.54) is 0 Å². The lowest BCUT2D eigenvalue weighted by molar-refractivity contribution is -0.332. The van der Waals surface area contributed by atoms with Gasteiger partial charge in [-0.3, -0.25) is 0 Å². The van der Waals surface area contributed by atoms with Crippen LogP contribution in [0.25, 0.3) is 0 Å². The normalized spacial score (nSPS) is 51.6. The maximum atomic E-state index is 12.7. The van der Waals surface area contributed by atoms with E-state index in [9.17, 15) is 19.8 Å². The van der Waals surface area contributed by atoms with Crippen LogP contribution in [0.15, 0.2) is 11.6 Å². The highest BCUT2D eigenvalue weighted by atomic mass is 16.4. The molecule has 0 aromatic rings. The molecule has 3 fully saturated rings. The zero-order valence-corrected chi connectivity index (χ0v) is 14.7. The second kappa shape index (κ2) is 4.72. The maximum absolute atomic E-state index is 12.7. The van der Waals surface area contributed by atoms with Gasteiger partial charge in [-0.2, -0.15) is 0 Å². The first-order valence-corrected chi connectivity index (χ1v) is 9.33. The van der Waals surface area contributed by atoms with Crippen LogP contribution in [0.1, 0.15) is 46.5 Å². The molecule has 7 atom stereocenters. The van der Waals surface area contributed by atoms with Gasteiger partial charge in [0.2, 0.25) is 0 Å². The van der Waals surface area contributed by atoms with Crippen LogP contribution in [-0.4, -0.2) is 24.0 Å². The third kappa shape index (κ3) is 1.35. The Hall–Kier alpha value is -1.16. The number of aldehydes is 1. The maximum Gasteiger partial charge on any atom is 0.127 e.